The van der Waals surface area contributed by atoms with Gasteiger partial charge in [0.15, 0.2) is 29.4 Å². The molecule has 0 unspecified atom stereocenters. The van der Waals surface area contributed by atoms with Gasteiger partial charge in [0.2, 0.25) is 0 Å². The fourth-order valence-corrected chi connectivity index (χ4v) is 9.63. The molecular formula is C56H58F4O9S2+2. The van der Waals surface area contributed by atoms with Gasteiger partial charge in [0, 0.05) is 13.8 Å². The Morgan fingerprint density at radius 1 is 0.437 bits per heavy atom. The summed E-state index contributed by atoms with van der Waals surface area (Å²) in [6, 6.07) is 64.3. The van der Waals surface area contributed by atoms with E-state index < -0.39 is 54.5 Å². The molecule has 71 heavy (non-hydrogen) atoms. The van der Waals surface area contributed by atoms with E-state index in [0.717, 1.165) is 0 Å². The van der Waals surface area contributed by atoms with Gasteiger partial charge in [-0.05, 0) is 93.6 Å². The summed E-state index contributed by atoms with van der Waals surface area (Å²) >= 11 is 0. The highest BCUT2D eigenvalue weighted by Gasteiger charge is 2.36. The van der Waals surface area contributed by atoms with Gasteiger partial charge in [0.25, 0.3) is 0 Å². The summed E-state index contributed by atoms with van der Waals surface area (Å²) in [6.45, 7) is 10.3. The van der Waals surface area contributed by atoms with Gasteiger partial charge in [-0.15, -0.1) is 0 Å². The topological polar surface area (TPSA) is 125 Å². The van der Waals surface area contributed by atoms with Crippen molar-refractivity contribution < 1.29 is 60.8 Å². The lowest BCUT2D eigenvalue weighted by Crippen LogP contribution is -2.30. The van der Waals surface area contributed by atoms with E-state index in [1.807, 2.05) is 0 Å². The predicted molar refractivity (Wildman–Crippen MR) is 268 cm³/mol. The quantitative estimate of drug-likeness (QED) is 0.0332. The van der Waals surface area contributed by atoms with E-state index in [9.17, 15) is 36.7 Å². The van der Waals surface area contributed by atoms with Crippen LogP contribution in [0.4, 0.5) is 17.6 Å². The minimum atomic E-state index is -3.62. The molecule has 0 spiro atoms. The molecule has 0 aromatic heterocycles. The first-order valence-corrected chi connectivity index (χ1v) is 24.3. The van der Waals surface area contributed by atoms with Crippen molar-refractivity contribution in [3.8, 4) is 0 Å². The lowest BCUT2D eigenvalue weighted by atomic mass is 10.2. The second kappa shape index (κ2) is 29.3. The molecule has 6 aromatic carbocycles. The molecule has 0 amide bonds. The van der Waals surface area contributed by atoms with E-state index in [1.54, 1.807) is 20.8 Å². The van der Waals surface area contributed by atoms with Crippen LogP contribution in [0.5, 0.6) is 0 Å². The van der Waals surface area contributed by atoms with Crippen LogP contribution in [-0.2, 0) is 59.9 Å². The second-order valence-electron chi connectivity index (χ2n) is 16.0. The number of carbonyl (C=O) groups is 4. The number of aliphatic hydroxyl groups excluding tert-OH is 1. The number of hydrogen-bond acceptors (Lipinski definition) is 9. The maximum Gasteiger partial charge on any atom is 0.377 e. The molecule has 0 saturated heterocycles. The minimum Gasteiger partial charge on any atom is -0.460 e. The maximum absolute atomic E-state index is 12.4. The molecule has 374 valence electrons. The third-order valence-corrected chi connectivity index (χ3v) is 13.1. The Hall–Kier alpha value is -6.94. The molecule has 6 aromatic rings. The van der Waals surface area contributed by atoms with Crippen LogP contribution in [0.25, 0.3) is 0 Å². The van der Waals surface area contributed by atoms with Crippen molar-refractivity contribution in [1.82, 2.24) is 0 Å². The fourth-order valence-electron chi connectivity index (χ4n) is 5.42. The lowest BCUT2D eigenvalue weighted by molar-refractivity contribution is -0.169. The second-order valence-corrected chi connectivity index (χ2v) is 20.0. The monoisotopic (exact) mass is 1010 g/mol. The average Bonchev–Trinajstić information content (AvgIpc) is 3.35. The number of esters is 4. The third kappa shape index (κ3) is 21.7. The van der Waals surface area contributed by atoms with Gasteiger partial charge in [-0.3, -0.25) is 0 Å². The Morgan fingerprint density at radius 3 is 0.887 bits per heavy atom. The summed E-state index contributed by atoms with van der Waals surface area (Å²) in [6.07, 6.45) is 0. The molecule has 0 bridgehead atoms. The van der Waals surface area contributed by atoms with Gasteiger partial charge in [-0.2, -0.15) is 17.6 Å². The van der Waals surface area contributed by atoms with Crippen LogP contribution < -0.4 is 0 Å². The lowest BCUT2D eigenvalue weighted by Gasteiger charge is -2.20. The number of benzene rings is 6. The van der Waals surface area contributed by atoms with E-state index >= 15 is 0 Å². The standard InChI is InChI=1S/2C18H15S.C11H16F2O4.C9H12F2O5/c2*1-4-10-16(11-5-1)19(17-12-6-2-7-13-17)18-14-8-3-9-15-18;1-7(8(14)17-10(2,3)4)6-16-9(15)11(5,12)13;1-6(7(13)15-4-3-12)5-16-8(14)9(2,10)11/h2*1-15H;1,6H2,2-5H3;12H,1,3-5H2,2H3/q2*+1;;. The molecule has 0 aliphatic carbocycles. The van der Waals surface area contributed by atoms with Crippen molar-refractivity contribution in [2.75, 3.05) is 26.4 Å². The highest BCUT2D eigenvalue weighted by molar-refractivity contribution is 7.97. The largest absolute Gasteiger partial charge is 0.460 e. The zero-order chi connectivity index (χ0) is 52.5. The number of ether oxygens (including phenoxy) is 4. The van der Waals surface area contributed by atoms with Crippen LogP contribution in [-0.4, -0.2) is 72.9 Å². The highest BCUT2D eigenvalue weighted by atomic mass is 32.2. The maximum atomic E-state index is 12.4. The van der Waals surface area contributed by atoms with Gasteiger partial charge in [0.05, 0.1) is 39.5 Å². The minimum absolute atomic E-state index is 0.0146. The average molecular weight is 1020 g/mol. The molecule has 0 heterocycles. The predicted octanol–water partition coefficient (Wildman–Crippen LogP) is 11.9. The summed E-state index contributed by atoms with van der Waals surface area (Å²) in [5.74, 6) is -12.4. The van der Waals surface area contributed by atoms with Crippen LogP contribution >= 0.6 is 0 Å². The van der Waals surface area contributed by atoms with E-state index in [2.05, 4.69) is 209 Å². The summed E-state index contributed by atoms with van der Waals surface area (Å²) in [4.78, 5) is 51.8. The molecule has 0 fully saturated rings. The molecule has 6 rings (SSSR count). The smallest absolute Gasteiger partial charge is 0.377 e. The van der Waals surface area contributed by atoms with E-state index in [0.29, 0.717) is 13.8 Å². The summed E-state index contributed by atoms with van der Waals surface area (Å²) in [5, 5.41) is 8.33. The first kappa shape index (κ1) is 58.4. The third-order valence-electron chi connectivity index (χ3n) is 8.65. The van der Waals surface area contributed by atoms with Crippen LogP contribution in [0.2, 0.25) is 0 Å². The Kier molecular flexibility index (Phi) is 24.1. The molecule has 0 radical (unpaired) electrons. The molecule has 0 atom stereocenters. The molecular weight excluding hydrogens is 957 g/mol. The number of hydrogen-bond donors (Lipinski definition) is 1. The van der Waals surface area contributed by atoms with Gasteiger partial charge in [0.1, 0.15) is 25.4 Å². The van der Waals surface area contributed by atoms with Crippen LogP contribution in [0.3, 0.4) is 0 Å². The summed E-state index contributed by atoms with van der Waals surface area (Å²) in [7, 11) is -0.0293. The van der Waals surface area contributed by atoms with E-state index in [1.165, 1.54) is 29.4 Å². The number of rotatable bonds is 16. The van der Waals surface area contributed by atoms with Crippen molar-refractivity contribution in [3.05, 3.63) is 206 Å². The highest BCUT2D eigenvalue weighted by Crippen LogP contribution is 2.32. The van der Waals surface area contributed by atoms with Crippen molar-refractivity contribution in [1.29, 1.82) is 0 Å². The van der Waals surface area contributed by atoms with E-state index in [4.69, 9.17) is 9.84 Å². The number of halogens is 4. The fraction of sp³-hybridized carbons (Fsp3) is 0.214. The van der Waals surface area contributed by atoms with Crippen LogP contribution in [0.15, 0.2) is 236 Å². The van der Waals surface area contributed by atoms with Gasteiger partial charge < -0.3 is 24.1 Å². The van der Waals surface area contributed by atoms with Crippen LogP contribution in [0.1, 0.15) is 34.6 Å². The Balaban J connectivity index is 0.000000251. The number of alkyl halides is 4. The van der Waals surface area contributed by atoms with Crippen molar-refractivity contribution in [2.45, 2.75) is 81.4 Å². The van der Waals surface area contributed by atoms with Gasteiger partial charge >= 0.3 is 35.7 Å². The van der Waals surface area contributed by atoms with E-state index in [-0.39, 0.29) is 46.1 Å². The van der Waals surface area contributed by atoms with Gasteiger partial charge in [-0.1, -0.05) is 122 Å². The zero-order valence-electron chi connectivity index (χ0n) is 40.1. The summed E-state index contributed by atoms with van der Waals surface area (Å²) < 4.78 is 67.1. The Morgan fingerprint density at radius 2 is 0.676 bits per heavy atom. The Bertz CT molecular complexity index is 2250. The normalized spacial score (nSPS) is 10.9. The van der Waals surface area contributed by atoms with Gasteiger partial charge in [-0.25, -0.2) is 19.2 Å². The Labute approximate surface area is 418 Å². The van der Waals surface area contributed by atoms with Crippen molar-refractivity contribution in [3.63, 3.8) is 0 Å². The molecule has 1 N–H and O–H groups in total. The van der Waals surface area contributed by atoms with Crippen LogP contribution in [0, 0.1) is 0 Å². The summed E-state index contributed by atoms with van der Waals surface area (Å²) in [5.41, 5.74) is -1.21. The molecule has 15 heteroatoms. The number of aliphatic hydroxyl groups is 1. The molecule has 9 nitrogen and oxygen atoms in total. The first-order chi connectivity index (χ1) is 33.6. The molecule has 0 saturated carbocycles. The number of carbonyl (C=O) groups excluding carboxylic acids is 4. The molecule has 0 aliphatic heterocycles. The first-order valence-electron chi connectivity index (χ1n) is 21.9. The zero-order valence-corrected chi connectivity index (χ0v) is 41.7. The van der Waals surface area contributed by atoms with Crippen molar-refractivity contribution >= 4 is 45.7 Å². The SMILES string of the molecule is C=C(COC(=O)C(C)(F)F)C(=O)OC(C)(C)C.C=C(COC(=O)C(C)(F)F)C(=O)OCCO.c1ccc([S+](c2ccccc2)c2ccccc2)cc1.c1ccc([S+](c2ccccc2)c2ccccc2)cc1. The van der Waals surface area contributed by atoms with Crippen molar-refractivity contribution in [2.24, 2.45) is 0 Å². The molecule has 0 aliphatic rings.